The van der Waals surface area contributed by atoms with Gasteiger partial charge in [0, 0.05) is 10.9 Å². The van der Waals surface area contributed by atoms with Crippen molar-refractivity contribution in [1.82, 2.24) is 9.78 Å². The van der Waals surface area contributed by atoms with Crippen molar-refractivity contribution in [2.24, 2.45) is 0 Å². The van der Waals surface area contributed by atoms with Crippen molar-refractivity contribution in [1.29, 1.82) is 0 Å². The molecule has 0 radical (unpaired) electrons. The predicted octanol–water partition coefficient (Wildman–Crippen LogP) is 4.08. The second-order valence-electron chi connectivity index (χ2n) is 4.63. The van der Waals surface area contributed by atoms with Gasteiger partial charge in [-0.25, -0.2) is 4.39 Å². The molecule has 1 heterocycles. The van der Waals surface area contributed by atoms with Crippen LogP contribution in [0.1, 0.15) is 17.8 Å². The summed E-state index contributed by atoms with van der Waals surface area (Å²) in [7, 11) is 0. The first kappa shape index (κ1) is 16.0. The monoisotopic (exact) mass is 373 g/mol. The van der Waals surface area contributed by atoms with Gasteiger partial charge in [-0.3, -0.25) is 9.48 Å². The second-order valence-corrected chi connectivity index (χ2v) is 5.92. The molecule has 112 valence electrons. The zero-order valence-corrected chi connectivity index (χ0v) is 13.9. The SMILES string of the molecule is Cc1nn(CCC(=O)Nc2ccc(Br)cc2F)c(C)c1Cl. The van der Waals surface area contributed by atoms with Crippen LogP contribution in [-0.2, 0) is 11.3 Å². The van der Waals surface area contributed by atoms with Gasteiger partial charge in [-0.05, 0) is 32.0 Å². The van der Waals surface area contributed by atoms with Crippen LogP contribution in [0.25, 0.3) is 0 Å². The number of anilines is 1. The van der Waals surface area contributed by atoms with E-state index >= 15 is 0 Å². The van der Waals surface area contributed by atoms with E-state index in [1.54, 1.807) is 10.7 Å². The van der Waals surface area contributed by atoms with Crippen LogP contribution in [-0.4, -0.2) is 15.7 Å². The molecule has 1 N–H and O–H groups in total. The van der Waals surface area contributed by atoms with E-state index in [4.69, 9.17) is 11.6 Å². The number of carbonyl (C=O) groups is 1. The number of hydrogen-bond donors (Lipinski definition) is 1. The van der Waals surface area contributed by atoms with Crippen molar-refractivity contribution in [3.63, 3.8) is 0 Å². The van der Waals surface area contributed by atoms with Gasteiger partial charge in [-0.15, -0.1) is 0 Å². The van der Waals surface area contributed by atoms with Crippen LogP contribution < -0.4 is 5.32 Å². The van der Waals surface area contributed by atoms with E-state index < -0.39 is 5.82 Å². The lowest BCUT2D eigenvalue weighted by Gasteiger charge is -2.08. The number of nitrogens with one attached hydrogen (secondary N) is 1. The highest BCUT2D eigenvalue weighted by molar-refractivity contribution is 9.10. The van der Waals surface area contributed by atoms with E-state index in [2.05, 4.69) is 26.3 Å². The van der Waals surface area contributed by atoms with Gasteiger partial charge in [0.25, 0.3) is 0 Å². The van der Waals surface area contributed by atoms with Crippen LogP contribution in [0.5, 0.6) is 0 Å². The third-order valence-corrected chi connectivity index (χ3v) is 4.09. The van der Waals surface area contributed by atoms with Crippen molar-refractivity contribution in [3.05, 3.63) is 44.9 Å². The number of amides is 1. The fraction of sp³-hybridized carbons (Fsp3) is 0.286. The summed E-state index contributed by atoms with van der Waals surface area (Å²) >= 11 is 9.21. The van der Waals surface area contributed by atoms with Crippen LogP contribution in [0.3, 0.4) is 0 Å². The molecule has 2 aromatic rings. The van der Waals surface area contributed by atoms with E-state index in [9.17, 15) is 9.18 Å². The van der Waals surface area contributed by atoms with Gasteiger partial charge in [-0.2, -0.15) is 5.10 Å². The van der Waals surface area contributed by atoms with Gasteiger partial charge in [0.2, 0.25) is 5.91 Å². The van der Waals surface area contributed by atoms with Crippen molar-refractivity contribution in [2.45, 2.75) is 26.8 Å². The van der Waals surface area contributed by atoms with Gasteiger partial charge in [-0.1, -0.05) is 27.5 Å². The predicted molar refractivity (Wildman–Crippen MR) is 84.1 cm³/mol. The van der Waals surface area contributed by atoms with E-state index in [0.29, 0.717) is 16.0 Å². The third kappa shape index (κ3) is 3.83. The maximum atomic E-state index is 13.6. The summed E-state index contributed by atoms with van der Waals surface area (Å²) in [5.41, 5.74) is 1.71. The zero-order chi connectivity index (χ0) is 15.6. The van der Waals surface area contributed by atoms with Crippen LogP contribution >= 0.6 is 27.5 Å². The maximum absolute atomic E-state index is 13.6. The highest BCUT2D eigenvalue weighted by Gasteiger charge is 2.11. The number of benzene rings is 1. The summed E-state index contributed by atoms with van der Waals surface area (Å²) in [4.78, 5) is 11.9. The molecule has 21 heavy (non-hydrogen) atoms. The topological polar surface area (TPSA) is 46.9 Å². The van der Waals surface area contributed by atoms with Gasteiger partial charge in [0.15, 0.2) is 0 Å². The summed E-state index contributed by atoms with van der Waals surface area (Å²) in [6.07, 6.45) is 0.188. The minimum Gasteiger partial charge on any atom is -0.324 e. The molecule has 0 saturated heterocycles. The first-order valence-electron chi connectivity index (χ1n) is 6.33. The second kappa shape index (κ2) is 6.58. The molecule has 0 unspecified atom stereocenters. The fourth-order valence-corrected chi connectivity index (χ4v) is 2.37. The average molecular weight is 375 g/mol. The van der Waals surface area contributed by atoms with E-state index in [1.807, 2.05) is 13.8 Å². The van der Waals surface area contributed by atoms with E-state index in [1.165, 1.54) is 12.1 Å². The molecular formula is C14H14BrClFN3O. The highest BCUT2D eigenvalue weighted by atomic mass is 79.9. The zero-order valence-electron chi connectivity index (χ0n) is 11.6. The molecule has 0 aliphatic carbocycles. The number of aromatic nitrogens is 2. The Morgan fingerprint density at radius 1 is 1.48 bits per heavy atom. The molecule has 0 saturated carbocycles. The van der Waals surface area contributed by atoms with E-state index in [0.717, 1.165) is 11.4 Å². The van der Waals surface area contributed by atoms with Crippen LogP contribution in [0.2, 0.25) is 5.02 Å². The van der Waals surface area contributed by atoms with Gasteiger partial charge >= 0.3 is 0 Å². The molecule has 1 aromatic heterocycles. The highest BCUT2D eigenvalue weighted by Crippen LogP contribution is 2.20. The van der Waals surface area contributed by atoms with Crippen LogP contribution in [0, 0.1) is 19.7 Å². The molecule has 1 aromatic carbocycles. The summed E-state index contributed by atoms with van der Waals surface area (Å²) in [5.74, 6) is -0.758. The normalized spacial score (nSPS) is 10.7. The lowest BCUT2D eigenvalue weighted by atomic mass is 10.3. The van der Waals surface area contributed by atoms with Gasteiger partial charge in [0.05, 0.1) is 28.6 Å². The molecule has 0 fully saturated rings. The molecular weight excluding hydrogens is 361 g/mol. The molecule has 0 aliphatic heterocycles. The minimum atomic E-state index is -0.480. The Hall–Kier alpha value is -1.40. The van der Waals surface area contributed by atoms with Gasteiger partial charge < -0.3 is 5.32 Å². The number of nitrogens with zero attached hydrogens (tertiary/aromatic N) is 2. The van der Waals surface area contributed by atoms with Crippen molar-refractivity contribution >= 4 is 39.1 Å². The molecule has 7 heteroatoms. The Bertz CT molecular complexity index is 687. The largest absolute Gasteiger partial charge is 0.324 e. The fourth-order valence-electron chi connectivity index (χ4n) is 1.90. The Balaban J connectivity index is 1.97. The first-order valence-corrected chi connectivity index (χ1v) is 7.50. The number of carbonyl (C=O) groups excluding carboxylic acids is 1. The Labute approximate surface area is 135 Å². The van der Waals surface area contributed by atoms with Crippen molar-refractivity contribution < 1.29 is 9.18 Å². The molecule has 0 atom stereocenters. The molecule has 0 aliphatic rings. The summed E-state index contributed by atoms with van der Waals surface area (Å²) in [6.45, 7) is 4.04. The molecule has 0 spiro atoms. The molecule has 1 amide bonds. The van der Waals surface area contributed by atoms with Crippen LogP contribution in [0.4, 0.5) is 10.1 Å². The lowest BCUT2D eigenvalue weighted by Crippen LogP contribution is -2.16. The molecule has 2 rings (SSSR count). The lowest BCUT2D eigenvalue weighted by molar-refractivity contribution is -0.116. The number of rotatable bonds is 4. The summed E-state index contributed by atoms with van der Waals surface area (Å²) in [5, 5.41) is 7.39. The van der Waals surface area contributed by atoms with Crippen molar-refractivity contribution in [3.8, 4) is 0 Å². The minimum absolute atomic E-state index is 0.162. The Morgan fingerprint density at radius 3 is 2.76 bits per heavy atom. The summed E-state index contributed by atoms with van der Waals surface area (Å²) < 4.78 is 15.9. The number of hydrogen-bond acceptors (Lipinski definition) is 2. The van der Waals surface area contributed by atoms with E-state index in [-0.39, 0.29) is 18.0 Å². The molecule has 0 bridgehead atoms. The first-order chi connectivity index (χ1) is 9.88. The number of halogens is 3. The maximum Gasteiger partial charge on any atom is 0.226 e. The Kier molecular flexibility index (Phi) is 5.00. The standard InChI is InChI=1S/C14H14BrClFN3O/c1-8-14(16)9(2)20(19-8)6-5-13(21)18-12-4-3-10(15)7-11(12)17/h3-4,7H,5-6H2,1-2H3,(H,18,21). The van der Waals surface area contributed by atoms with Gasteiger partial charge in [0.1, 0.15) is 5.82 Å². The quantitative estimate of drug-likeness (QED) is 0.876. The third-order valence-electron chi connectivity index (χ3n) is 3.05. The Morgan fingerprint density at radius 2 is 2.19 bits per heavy atom. The van der Waals surface area contributed by atoms with Crippen molar-refractivity contribution in [2.75, 3.05) is 5.32 Å². The average Bonchev–Trinajstić information content (AvgIpc) is 2.67. The summed E-state index contributed by atoms with van der Waals surface area (Å²) in [6, 6.07) is 4.48. The van der Waals surface area contributed by atoms with Crippen LogP contribution in [0.15, 0.2) is 22.7 Å². The number of aryl methyl sites for hydroxylation is 2. The smallest absolute Gasteiger partial charge is 0.226 e. The molecule has 4 nitrogen and oxygen atoms in total.